The van der Waals surface area contributed by atoms with Crippen LogP contribution in [-0.2, 0) is 23.2 Å². The Bertz CT molecular complexity index is 1280. The summed E-state index contributed by atoms with van der Waals surface area (Å²) in [5, 5.41) is 20.3. The summed E-state index contributed by atoms with van der Waals surface area (Å²) in [5.74, 6) is -2.30. The van der Waals surface area contributed by atoms with Crippen molar-refractivity contribution in [3.63, 3.8) is 0 Å². The number of aromatic nitrogens is 1. The molecule has 0 saturated carbocycles. The van der Waals surface area contributed by atoms with Gasteiger partial charge in [-0.05, 0) is 35.4 Å². The number of aryl methyl sites for hydroxylation is 1. The number of nitrogens with one attached hydrogen (secondary N) is 4. The molecule has 4 amide bonds. The highest BCUT2D eigenvalue weighted by Crippen LogP contribution is 2.25. The monoisotopic (exact) mass is 545 g/mol. The van der Waals surface area contributed by atoms with E-state index in [0.29, 0.717) is 27.8 Å². The summed E-state index contributed by atoms with van der Waals surface area (Å²) in [6, 6.07) is 14.0. The molecule has 5 N–H and O–H groups in total. The number of nitrogens with zero attached hydrogens (tertiary/aromatic N) is 1. The zero-order valence-electron chi connectivity index (χ0n) is 19.8. The summed E-state index contributed by atoms with van der Waals surface area (Å²) in [6.45, 7) is -0.0685. The van der Waals surface area contributed by atoms with Gasteiger partial charge in [-0.3, -0.25) is 14.4 Å². The Balaban J connectivity index is 1.55. The predicted molar refractivity (Wildman–Crippen MR) is 140 cm³/mol. The molecule has 0 bridgehead atoms. The van der Waals surface area contributed by atoms with Crippen molar-refractivity contribution in [1.82, 2.24) is 20.5 Å². The number of hydrogen-bond donors (Lipinski definition) is 5. The number of aliphatic carboxylic acids is 1. The first-order valence-electron chi connectivity index (χ1n) is 11.1. The second-order valence-electron chi connectivity index (χ2n) is 8.12. The maximum absolute atomic E-state index is 12.6. The van der Waals surface area contributed by atoms with E-state index in [0.717, 1.165) is 5.56 Å². The topological polar surface area (TPSA) is 142 Å². The van der Waals surface area contributed by atoms with E-state index >= 15 is 0 Å². The molecule has 0 aliphatic carbocycles. The third-order valence-electron chi connectivity index (χ3n) is 5.20. The normalized spacial score (nSPS) is 11.3. The van der Waals surface area contributed by atoms with Crippen LogP contribution in [0.15, 0.2) is 60.8 Å². The summed E-state index contributed by atoms with van der Waals surface area (Å²) in [6.07, 6.45) is 1.15. The van der Waals surface area contributed by atoms with Crippen molar-refractivity contribution in [2.24, 2.45) is 7.05 Å². The number of hydrogen-bond acceptors (Lipinski definition) is 4. The van der Waals surface area contributed by atoms with E-state index < -0.39 is 42.8 Å². The van der Waals surface area contributed by atoms with Gasteiger partial charge in [-0.25, -0.2) is 4.79 Å². The van der Waals surface area contributed by atoms with Gasteiger partial charge in [0.1, 0.15) is 5.69 Å². The van der Waals surface area contributed by atoms with Crippen molar-refractivity contribution in [1.29, 1.82) is 0 Å². The van der Waals surface area contributed by atoms with Crippen LogP contribution in [0.1, 0.15) is 34.1 Å². The Morgan fingerprint density at radius 3 is 2.30 bits per heavy atom. The average molecular weight is 546 g/mol. The zero-order chi connectivity index (χ0) is 26.9. The van der Waals surface area contributed by atoms with Crippen LogP contribution in [0, 0.1) is 0 Å². The molecular weight excluding hydrogens is 521 g/mol. The summed E-state index contributed by atoms with van der Waals surface area (Å²) in [7, 11) is 1.62. The fraction of sp³-hybridized carbons (Fsp3) is 0.200. The summed E-state index contributed by atoms with van der Waals surface area (Å²) in [5.41, 5.74) is 1.95. The lowest BCUT2D eigenvalue weighted by atomic mass is 10.0. The number of urea groups is 1. The van der Waals surface area contributed by atoms with Gasteiger partial charge < -0.3 is 30.9 Å². The third kappa shape index (κ3) is 8.55. The van der Waals surface area contributed by atoms with E-state index in [1.54, 1.807) is 13.2 Å². The molecule has 3 rings (SSSR count). The number of halogens is 2. The third-order valence-corrected chi connectivity index (χ3v) is 5.64. The molecular formula is C25H25Cl2N5O5. The van der Waals surface area contributed by atoms with E-state index in [-0.39, 0.29) is 5.69 Å². The molecule has 37 heavy (non-hydrogen) atoms. The van der Waals surface area contributed by atoms with Crippen LogP contribution in [0.5, 0.6) is 0 Å². The first kappa shape index (κ1) is 27.6. The maximum Gasteiger partial charge on any atom is 0.319 e. The largest absolute Gasteiger partial charge is 0.481 e. The first-order chi connectivity index (χ1) is 17.6. The second-order valence-corrected chi connectivity index (χ2v) is 8.99. The SMILES string of the molecule is Cn1cc(NC(=O)NCc2ccccc2)cc1C(=O)NCC(=O)NC(CC(=O)O)c1cc(Cl)cc(Cl)c1. The molecule has 0 fully saturated rings. The molecule has 1 atom stereocenters. The van der Waals surface area contributed by atoms with Crippen LogP contribution in [-0.4, -0.2) is 40.0 Å². The number of carbonyl (C=O) groups excluding carboxylic acids is 3. The van der Waals surface area contributed by atoms with Gasteiger partial charge in [0, 0.05) is 29.8 Å². The van der Waals surface area contributed by atoms with Gasteiger partial charge >= 0.3 is 12.0 Å². The molecule has 194 valence electrons. The molecule has 1 aromatic heterocycles. The van der Waals surface area contributed by atoms with Crippen LogP contribution < -0.4 is 21.3 Å². The van der Waals surface area contributed by atoms with Gasteiger partial charge in [-0.1, -0.05) is 53.5 Å². The molecule has 0 spiro atoms. The van der Waals surface area contributed by atoms with E-state index in [1.807, 2.05) is 30.3 Å². The minimum Gasteiger partial charge on any atom is -0.481 e. The van der Waals surface area contributed by atoms with Gasteiger partial charge in [0.2, 0.25) is 5.91 Å². The van der Waals surface area contributed by atoms with Crippen LogP contribution >= 0.6 is 23.2 Å². The van der Waals surface area contributed by atoms with E-state index in [1.165, 1.54) is 28.8 Å². The molecule has 0 aliphatic heterocycles. The number of anilines is 1. The van der Waals surface area contributed by atoms with Gasteiger partial charge in [-0.15, -0.1) is 0 Å². The Morgan fingerprint density at radius 2 is 1.65 bits per heavy atom. The van der Waals surface area contributed by atoms with Crippen molar-refractivity contribution in [3.8, 4) is 0 Å². The predicted octanol–water partition coefficient (Wildman–Crippen LogP) is 3.72. The highest BCUT2D eigenvalue weighted by molar-refractivity contribution is 6.34. The first-order valence-corrected chi connectivity index (χ1v) is 11.9. The van der Waals surface area contributed by atoms with Crippen molar-refractivity contribution in [3.05, 3.63) is 87.7 Å². The number of rotatable bonds is 10. The van der Waals surface area contributed by atoms with Crippen LogP contribution in [0.2, 0.25) is 10.0 Å². The molecule has 1 unspecified atom stereocenters. The maximum atomic E-state index is 12.6. The van der Waals surface area contributed by atoms with Crippen molar-refractivity contribution in [2.75, 3.05) is 11.9 Å². The molecule has 0 aliphatic rings. The van der Waals surface area contributed by atoms with Gasteiger partial charge in [0.05, 0.1) is 24.7 Å². The van der Waals surface area contributed by atoms with Crippen molar-refractivity contribution < 1.29 is 24.3 Å². The molecule has 10 nitrogen and oxygen atoms in total. The molecule has 2 aromatic carbocycles. The Hall–Kier alpha value is -4.02. The van der Waals surface area contributed by atoms with Crippen molar-refractivity contribution >= 4 is 52.7 Å². The number of amides is 4. The summed E-state index contributed by atoms with van der Waals surface area (Å²) < 4.78 is 1.50. The average Bonchev–Trinajstić information content (AvgIpc) is 3.20. The highest BCUT2D eigenvalue weighted by atomic mass is 35.5. The zero-order valence-corrected chi connectivity index (χ0v) is 21.3. The number of carboxylic acid groups (broad SMARTS) is 1. The molecule has 0 saturated heterocycles. The lowest BCUT2D eigenvalue weighted by molar-refractivity contribution is -0.137. The van der Waals surface area contributed by atoms with Gasteiger partial charge in [-0.2, -0.15) is 0 Å². The lowest BCUT2D eigenvalue weighted by Gasteiger charge is -2.18. The fourth-order valence-corrected chi connectivity index (χ4v) is 4.05. The van der Waals surface area contributed by atoms with Crippen LogP contribution in [0.4, 0.5) is 10.5 Å². The van der Waals surface area contributed by atoms with E-state index in [2.05, 4.69) is 21.3 Å². The summed E-state index contributed by atoms with van der Waals surface area (Å²) in [4.78, 5) is 48.6. The van der Waals surface area contributed by atoms with E-state index in [9.17, 15) is 24.3 Å². The van der Waals surface area contributed by atoms with Crippen LogP contribution in [0.25, 0.3) is 0 Å². The smallest absolute Gasteiger partial charge is 0.319 e. The minimum absolute atomic E-state index is 0.204. The summed E-state index contributed by atoms with van der Waals surface area (Å²) >= 11 is 12.0. The molecule has 12 heteroatoms. The Morgan fingerprint density at radius 1 is 0.973 bits per heavy atom. The Kier molecular flexibility index (Phi) is 9.53. The van der Waals surface area contributed by atoms with Crippen LogP contribution in [0.3, 0.4) is 0 Å². The lowest BCUT2D eigenvalue weighted by Crippen LogP contribution is -2.39. The standard InChI is InChI=1S/C25H25Cl2N5O5/c1-32-14-19(30-25(37)29-12-15-5-3-2-4-6-15)10-21(32)24(36)28-13-22(33)31-20(11-23(34)35)16-7-17(26)9-18(27)8-16/h2-10,14,20H,11-13H2,1H3,(H,28,36)(H,31,33)(H,34,35)(H2,29,30,37). The quantitative estimate of drug-likeness (QED) is 0.264. The molecule has 0 radical (unpaired) electrons. The highest BCUT2D eigenvalue weighted by Gasteiger charge is 2.20. The second kappa shape index (κ2) is 12.8. The molecule has 3 aromatic rings. The number of carboxylic acids is 1. The fourth-order valence-electron chi connectivity index (χ4n) is 3.51. The number of benzene rings is 2. The van der Waals surface area contributed by atoms with Gasteiger partial charge in [0.15, 0.2) is 0 Å². The molecule has 1 heterocycles. The van der Waals surface area contributed by atoms with Crippen molar-refractivity contribution in [2.45, 2.75) is 19.0 Å². The minimum atomic E-state index is -1.14. The Labute approximate surface area is 222 Å². The van der Waals surface area contributed by atoms with E-state index in [4.69, 9.17) is 23.2 Å². The van der Waals surface area contributed by atoms with Gasteiger partial charge in [0.25, 0.3) is 5.91 Å². The number of carbonyl (C=O) groups is 4.